The van der Waals surface area contributed by atoms with Crippen molar-refractivity contribution in [2.45, 2.75) is 5.92 Å². The maximum absolute atomic E-state index is 13.4. The Kier molecular flexibility index (Phi) is 4.34. The van der Waals surface area contributed by atoms with Crippen LogP contribution in [0.15, 0.2) is 95.1 Å². The molecule has 150 valence electrons. The zero-order valence-corrected chi connectivity index (χ0v) is 16.9. The summed E-state index contributed by atoms with van der Waals surface area (Å²) in [6.45, 7) is 0. The first-order valence-electron chi connectivity index (χ1n) is 9.94. The number of nitrogens with zero attached hydrogens (tertiary/aromatic N) is 2. The van der Waals surface area contributed by atoms with Crippen LogP contribution in [-0.2, 0) is 7.05 Å². The first kappa shape index (κ1) is 18.7. The fourth-order valence-electron chi connectivity index (χ4n) is 4.26. The smallest absolute Gasteiger partial charge is 0.258 e. The molecule has 5 rings (SSSR count). The Balaban J connectivity index is 1.74. The zero-order valence-electron chi connectivity index (χ0n) is 16.9. The summed E-state index contributed by atoms with van der Waals surface area (Å²) in [6.07, 6.45) is 0. The van der Waals surface area contributed by atoms with Crippen LogP contribution in [0.1, 0.15) is 17.0 Å². The number of hydrogen-bond donors (Lipinski definition) is 1. The maximum Gasteiger partial charge on any atom is 0.258 e. The second-order valence-electron chi connectivity index (χ2n) is 7.54. The Morgan fingerprint density at radius 2 is 1.58 bits per heavy atom. The number of nitrogens with two attached hydrogens (primary N) is 1. The van der Waals surface area contributed by atoms with Crippen molar-refractivity contribution in [1.82, 2.24) is 4.57 Å². The Hall–Kier alpha value is -4.30. The third-order valence-electron chi connectivity index (χ3n) is 5.82. The molecule has 0 radical (unpaired) electrons. The van der Waals surface area contributed by atoms with Gasteiger partial charge in [-0.05, 0) is 28.8 Å². The molecule has 5 heteroatoms. The number of pyridine rings is 1. The lowest BCUT2D eigenvalue weighted by atomic mass is 9.83. The van der Waals surface area contributed by atoms with Crippen LogP contribution in [0, 0.1) is 11.3 Å². The number of nitriles is 1. The number of aromatic nitrogens is 1. The lowest BCUT2D eigenvalue weighted by molar-refractivity contribution is 0.396. The van der Waals surface area contributed by atoms with E-state index in [4.69, 9.17) is 10.5 Å². The summed E-state index contributed by atoms with van der Waals surface area (Å²) in [5.74, 6) is -0.139. The van der Waals surface area contributed by atoms with Crippen molar-refractivity contribution in [1.29, 1.82) is 5.26 Å². The minimum absolute atomic E-state index is 0.0329. The quantitative estimate of drug-likeness (QED) is 0.535. The molecule has 0 saturated carbocycles. The fraction of sp³-hybridized carbons (Fsp3) is 0.0769. The van der Waals surface area contributed by atoms with Gasteiger partial charge in [0, 0.05) is 12.4 Å². The molecular weight excluding hydrogens is 386 g/mol. The van der Waals surface area contributed by atoms with Crippen LogP contribution in [0.5, 0.6) is 5.75 Å². The molecule has 4 aromatic rings. The van der Waals surface area contributed by atoms with E-state index in [9.17, 15) is 10.1 Å². The van der Waals surface area contributed by atoms with Crippen LogP contribution in [0.2, 0.25) is 0 Å². The summed E-state index contributed by atoms with van der Waals surface area (Å²) in [7, 11) is 1.73. The Labute approximate surface area is 179 Å². The summed E-state index contributed by atoms with van der Waals surface area (Å²) in [5.41, 5.74) is 10.3. The molecule has 1 aliphatic heterocycles. The number of rotatable bonds is 2. The molecule has 2 heterocycles. The highest BCUT2D eigenvalue weighted by Crippen LogP contribution is 2.43. The van der Waals surface area contributed by atoms with Crippen LogP contribution < -0.4 is 16.0 Å². The molecule has 1 aliphatic rings. The lowest BCUT2D eigenvalue weighted by Gasteiger charge is -2.27. The average Bonchev–Trinajstić information content (AvgIpc) is 2.82. The standard InChI is InChI=1S/C26H19N3O2/c1-29-21-10-6-5-9-19(21)24-23(26(29)30)22(20(15-27)25(28)31-24)18-13-11-17(12-14-18)16-7-3-2-4-8-16/h2-14,22H,28H2,1H3/t22-/m1/s1. The molecule has 3 aromatic carbocycles. The average molecular weight is 405 g/mol. The number of benzene rings is 3. The molecule has 1 aromatic heterocycles. The monoisotopic (exact) mass is 405 g/mol. The summed E-state index contributed by atoms with van der Waals surface area (Å²) >= 11 is 0. The highest BCUT2D eigenvalue weighted by Gasteiger charge is 2.35. The summed E-state index contributed by atoms with van der Waals surface area (Å²) in [6, 6.07) is 27.6. The van der Waals surface area contributed by atoms with Crippen LogP contribution in [0.4, 0.5) is 0 Å². The van der Waals surface area contributed by atoms with Crippen LogP contribution in [-0.4, -0.2) is 4.57 Å². The normalized spacial score (nSPS) is 15.3. The van der Waals surface area contributed by atoms with Gasteiger partial charge in [0.2, 0.25) is 5.88 Å². The SMILES string of the molecule is Cn1c(=O)c2c(c3ccccc31)OC(N)=C(C#N)[C@H]2c1ccc(-c2ccccc2)cc1. The van der Waals surface area contributed by atoms with Gasteiger partial charge in [-0.1, -0.05) is 66.7 Å². The third-order valence-corrected chi connectivity index (χ3v) is 5.82. The van der Waals surface area contributed by atoms with E-state index >= 15 is 0 Å². The van der Waals surface area contributed by atoms with E-state index in [0.29, 0.717) is 11.3 Å². The highest BCUT2D eigenvalue weighted by molar-refractivity contribution is 5.88. The predicted molar refractivity (Wildman–Crippen MR) is 120 cm³/mol. The van der Waals surface area contributed by atoms with Crippen molar-refractivity contribution >= 4 is 10.9 Å². The van der Waals surface area contributed by atoms with Crippen molar-refractivity contribution in [3.8, 4) is 22.9 Å². The number of aryl methyl sites for hydroxylation is 1. The van der Waals surface area contributed by atoms with Crippen molar-refractivity contribution in [2.24, 2.45) is 12.8 Å². The maximum atomic E-state index is 13.4. The largest absolute Gasteiger partial charge is 0.439 e. The lowest BCUT2D eigenvalue weighted by Crippen LogP contribution is -2.31. The molecule has 0 fully saturated rings. The molecule has 0 amide bonds. The first-order valence-corrected chi connectivity index (χ1v) is 9.94. The van der Waals surface area contributed by atoms with Gasteiger partial charge in [0.15, 0.2) is 0 Å². The van der Waals surface area contributed by atoms with Gasteiger partial charge >= 0.3 is 0 Å². The fourth-order valence-corrected chi connectivity index (χ4v) is 4.26. The van der Waals surface area contributed by atoms with E-state index in [0.717, 1.165) is 27.6 Å². The molecule has 0 bridgehead atoms. The minimum atomic E-state index is -0.595. The molecule has 0 unspecified atom stereocenters. The van der Waals surface area contributed by atoms with Gasteiger partial charge in [0.05, 0.1) is 17.0 Å². The second-order valence-corrected chi connectivity index (χ2v) is 7.54. The van der Waals surface area contributed by atoms with E-state index in [2.05, 4.69) is 6.07 Å². The van der Waals surface area contributed by atoms with E-state index in [1.165, 1.54) is 0 Å². The summed E-state index contributed by atoms with van der Waals surface area (Å²) < 4.78 is 7.45. The highest BCUT2D eigenvalue weighted by atomic mass is 16.5. The van der Waals surface area contributed by atoms with Crippen LogP contribution in [0.25, 0.3) is 22.0 Å². The van der Waals surface area contributed by atoms with Crippen LogP contribution in [0.3, 0.4) is 0 Å². The van der Waals surface area contributed by atoms with Crippen molar-refractivity contribution in [3.05, 3.63) is 112 Å². The zero-order chi connectivity index (χ0) is 21.5. The Bertz CT molecular complexity index is 1440. The molecule has 0 spiro atoms. The van der Waals surface area contributed by atoms with Gasteiger partial charge in [0.1, 0.15) is 17.4 Å². The van der Waals surface area contributed by atoms with Gasteiger partial charge < -0.3 is 15.0 Å². The molecule has 0 saturated heterocycles. The molecule has 0 aliphatic carbocycles. The summed E-state index contributed by atoms with van der Waals surface area (Å²) in [4.78, 5) is 13.4. The number of allylic oxidation sites excluding steroid dienone is 1. The number of hydrogen-bond acceptors (Lipinski definition) is 4. The number of fused-ring (bicyclic) bond motifs is 3. The van der Waals surface area contributed by atoms with Crippen molar-refractivity contribution in [2.75, 3.05) is 0 Å². The number of para-hydroxylation sites is 1. The Morgan fingerprint density at radius 3 is 2.29 bits per heavy atom. The van der Waals surface area contributed by atoms with E-state index < -0.39 is 5.92 Å². The first-order chi connectivity index (χ1) is 15.1. The van der Waals surface area contributed by atoms with E-state index in [1.807, 2.05) is 78.9 Å². The minimum Gasteiger partial charge on any atom is -0.439 e. The molecular formula is C26H19N3O2. The molecule has 31 heavy (non-hydrogen) atoms. The van der Waals surface area contributed by atoms with Gasteiger partial charge in [-0.3, -0.25) is 4.79 Å². The number of ether oxygens (including phenoxy) is 1. The van der Waals surface area contributed by atoms with E-state index in [-0.39, 0.29) is 17.0 Å². The predicted octanol–water partition coefficient (Wildman–Crippen LogP) is 4.42. The van der Waals surface area contributed by atoms with Gasteiger partial charge in [-0.2, -0.15) is 5.26 Å². The molecule has 1 atom stereocenters. The van der Waals surface area contributed by atoms with Gasteiger partial charge in [-0.15, -0.1) is 0 Å². The van der Waals surface area contributed by atoms with E-state index in [1.54, 1.807) is 11.6 Å². The third kappa shape index (κ3) is 2.89. The molecule has 5 nitrogen and oxygen atoms in total. The van der Waals surface area contributed by atoms with Crippen molar-refractivity contribution < 1.29 is 4.74 Å². The van der Waals surface area contributed by atoms with Gasteiger partial charge in [-0.25, -0.2) is 0 Å². The van der Waals surface area contributed by atoms with Crippen LogP contribution >= 0.6 is 0 Å². The molecule has 2 N–H and O–H groups in total. The summed E-state index contributed by atoms with van der Waals surface area (Å²) in [5, 5.41) is 10.6. The topological polar surface area (TPSA) is 81.0 Å². The van der Waals surface area contributed by atoms with Gasteiger partial charge in [0.25, 0.3) is 5.56 Å². The second kappa shape index (κ2) is 7.19. The Morgan fingerprint density at radius 1 is 0.935 bits per heavy atom. The van der Waals surface area contributed by atoms with Crippen molar-refractivity contribution in [3.63, 3.8) is 0 Å².